The Morgan fingerprint density at radius 1 is 1.30 bits per heavy atom. The summed E-state index contributed by atoms with van der Waals surface area (Å²) in [6.07, 6.45) is 0. The van der Waals surface area contributed by atoms with Crippen LogP contribution >= 0.6 is 35.8 Å². The number of nitrogens with one attached hydrogen (secondary N) is 3. The number of nitrogens with two attached hydrogens (primary N) is 1. The molecule has 0 radical (unpaired) electrons. The Hall–Kier alpha value is -1.40. The standard InChI is InChI=1S/C9H9N5O2S4/c10-20(15,16)6-3-1-5(2-4-6)11-7(17)12-8-13-14-9(18)19-8/h1-4H,(H,14,18)(H2,10,15,16)(H2,11,12,13,17). The number of hydrogen-bond donors (Lipinski definition) is 4. The van der Waals surface area contributed by atoms with E-state index in [1.807, 2.05) is 0 Å². The third-order valence-electron chi connectivity index (χ3n) is 2.10. The van der Waals surface area contributed by atoms with Gasteiger partial charge in [0.05, 0.1) is 4.90 Å². The molecule has 0 aliphatic rings. The summed E-state index contributed by atoms with van der Waals surface area (Å²) in [7, 11) is -3.69. The molecule has 0 spiro atoms. The van der Waals surface area contributed by atoms with Gasteiger partial charge in [-0.2, -0.15) is 0 Å². The molecular formula is C9H9N5O2S4. The molecule has 0 amide bonds. The normalized spacial score (nSPS) is 11.1. The third-order valence-corrected chi connectivity index (χ3v) is 4.24. The fourth-order valence-electron chi connectivity index (χ4n) is 1.27. The van der Waals surface area contributed by atoms with Crippen molar-refractivity contribution in [2.75, 3.05) is 10.6 Å². The van der Waals surface area contributed by atoms with E-state index in [1.165, 1.54) is 23.5 Å². The van der Waals surface area contributed by atoms with Crippen molar-refractivity contribution in [2.24, 2.45) is 5.14 Å². The molecule has 1 aromatic carbocycles. The molecule has 5 N–H and O–H groups in total. The molecule has 0 fully saturated rings. The van der Waals surface area contributed by atoms with E-state index in [0.29, 0.717) is 19.9 Å². The second-order valence-corrected chi connectivity index (χ2v) is 7.20. The van der Waals surface area contributed by atoms with Gasteiger partial charge in [0.25, 0.3) is 0 Å². The van der Waals surface area contributed by atoms with Gasteiger partial charge < -0.3 is 10.6 Å². The van der Waals surface area contributed by atoms with Gasteiger partial charge in [-0.15, -0.1) is 5.10 Å². The van der Waals surface area contributed by atoms with E-state index in [1.54, 1.807) is 12.1 Å². The summed E-state index contributed by atoms with van der Waals surface area (Å²) in [5.74, 6) is 0. The molecular weight excluding hydrogens is 338 g/mol. The number of thiocarbonyl (C=S) groups is 1. The van der Waals surface area contributed by atoms with Gasteiger partial charge in [-0.05, 0) is 48.7 Å². The van der Waals surface area contributed by atoms with Gasteiger partial charge >= 0.3 is 0 Å². The largest absolute Gasteiger partial charge is 0.332 e. The first-order valence-corrected chi connectivity index (χ1v) is 8.29. The highest BCUT2D eigenvalue weighted by molar-refractivity contribution is 7.89. The van der Waals surface area contributed by atoms with E-state index >= 15 is 0 Å². The van der Waals surface area contributed by atoms with Crippen molar-refractivity contribution < 1.29 is 8.42 Å². The van der Waals surface area contributed by atoms with Gasteiger partial charge in [-0.1, -0.05) is 11.3 Å². The average Bonchev–Trinajstić information content (AvgIpc) is 2.74. The number of hydrogen-bond acceptors (Lipinski definition) is 6. The SMILES string of the molecule is NS(=O)(=O)c1ccc(NC(=S)Nc2n[nH]c(=S)s2)cc1. The smallest absolute Gasteiger partial charge is 0.238 e. The topological polar surface area (TPSA) is 113 Å². The van der Waals surface area contributed by atoms with Crippen LogP contribution < -0.4 is 15.8 Å². The molecule has 2 rings (SSSR count). The van der Waals surface area contributed by atoms with E-state index < -0.39 is 10.0 Å². The average molecular weight is 347 g/mol. The lowest BCUT2D eigenvalue weighted by molar-refractivity contribution is 0.598. The molecule has 106 valence electrons. The van der Waals surface area contributed by atoms with Crippen molar-refractivity contribution >= 4 is 61.7 Å². The van der Waals surface area contributed by atoms with Gasteiger partial charge in [0.2, 0.25) is 15.2 Å². The number of rotatable bonds is 3. The summed E-state index contributed by atoms with van der Waals surface area (Å²) in [4.78, 5) is 0.0344. The minimum atomic E-state index is -3.69. The molecule has 0 bridgehead atoms. The maximum absolute atomic E-state index is 11.1. The predicted molar refractivity (Wildman–Crippen MR) is 85.0 cm³/mol. The Bertz CT molecular complexity index is 777. The Morgan fingerprint density at radius 2 is 1.95 bits per heavy atom. The molecule has 0 unspecified atom stereocenters. The van der Waals surface area contributed by atoms with Crippen LogP contribution in [0.5, 0.6) is 0 Å². The molecule has 1 aromatic heterocycles. The van der Waals surface area contributed by atoms with Crippen LogP contribution in [0.15, 0.2) is 29.2 Å². The van der Waals surface area contributed by atoms with Crippen molar-refractivity contribution in [1.29, 1.82) is 0 Å². The maximum atomic E-state index is 11.1. The van der Waals surface area contributed by atoms with Crippen molar-refractivity contribution in [3.05, 3.63) is 28.2 Å². The first-order valence-electron chi connectivity index (χ1n) is 5.11. The number of anilines is 2. The van der Waals surface area contributed by atoms with E-state index in [4.69, 9.17) is 29.6 Å². The summed E-state index contributed by atoms with van der Waals surface area (Å²) in [5.41, 5.74) is 0.619. The van der Waals surface area contributed by atoms with Crippen molar-refractivity contribution in [2.45, 2.75) is 4.90 Å². The van der Waals surface area contributed by atoms with Crippen LogP contribution in [0.4, 0.5) is 10.8 Å². The zero-order valence-electron chi connectivity index (χ0n) is 9.78. The van der Waals surface area contributed by atoms with Gasteiger partial charge in [0.1, 0.15) is 0 Å². The summed E-state index contributed by atoms with van der Waals surface area (Å²) in [5, 5.41) is 18.1. The predicted octanol–water partition coefficient (Wildman–Crippen LogP) is 1.66. The van der Waals surface area contributed by atoms with Crippen LogP contribution in [0, 0.1) is 3.95 Å². The molecule has 0 atom stereocenters. The van der Waals surface area contributed by atoms with E-state index in [2.05, 4.69) is 20.8 Å². The Labute approximate surface area is 129 Å². The van der Waals surface area contributed by atoms with Crippen LogP contribution in [-0.4, -0.2) is 23.7 Å². The fraction of sp³-hybridized carbons (Fsp3) is 0. The first kappa shape index (κ1) is 15.0. The van der Waals surface area contributed by atoms with Crippen molar-refractivity contribution in [1.82, 2.24) is 10.2 Å². The minimum absolute atomic E-state index is 0.0344. The number of sulfonamides is 1. The zero-order valence-corrected chi connectivity index (χ0v) is 13.0. The maximum Gasteiger partial charge on any atom is 0.238 e. The summed E-state index contributed by atoms with van der Waals surface area (Å²) < 4.78 is 22.8. The second-order valence-electron chi connectivity index (χ2n) is 3.57. The van der Waals surface area contributed by atoms with Crippen molar-refractivity contribution in [3.63, 3.8) is 0 Å². The van der Waals surface area contributed by atoms with Gasteiger partial charge in [0.15, 0.2) is 9.07 Å². The lowest BCUT2D eigenvalue weighted by Crippen LogP contribution is -2.19. The van der Waals surface area contributed by atoms with Crippen LogP contribution in [0.2, 0.25) is 0 Å². The minimum Gasteiger partial charge on any atom is -0.332 e. The molecule has 0 aliphatic carbocycles. The number of aromatic amines is 1. The molecule has 11 heteroatoms. The number of H-pyrrole nitrogens is 1. The highest BCUT2D eigenvalue weighted by atomic mass is 32.2. The quantitative estimate of drug-likeness (QED) is 0.625. The monoisotopic (exact) mass is 347 g/mol. The van der Waals surface area contributed by atoms with E-state index in [9.17, 15) is 8.42 Å². The number of benzene rings is 1. The Balaban J connectivity index is 2.03. The third kappa shape index (κ3) is 4.05. The lowest BCUT2D eigenvalue weighted by Gasteiger charge is -2.08. The second kappa shape index (κ2) is 5.93. The first-order chi connectivity index (χ1) is 9.34. The van der Waals surface area contributed by atoms with Gasteiger partial charge in [0, 0.05) is 5.69 Å². The summed E-state index contributed by atoms with van der Waals surface area (Å²) in [6, 6.07) is 5.89. The fourth-order valence-corrected chi connectivity index (χ4v) is 2.86. The Morgan fingerprint density at radius 3 is 2.45 bits per heavy atom. The zero-order chi connectivity index (χ0) is 14.8. The molecule has 0 aliphatic heterocycles. The van der Waals surface area contributed by atoms with Gasteiger partial charge in [-0.25, -0.2) is 13.6 Å². The lowest BCUT2D eigenvalue weighted by atomic mass is 10.3. The van der Waals surface area contributed by atoms with Crippen LogP contribution in [0.25, 0.3) is 0 Å². The van der Waals surface area contributed by atoms with Crippen LogP contribution in [0.3, 0.4) is 0 Å². The van der Waals surface area contributed by atoms with E-state index in [0.717, 1.165) is 0 Å². The van der Waals surface area contributed by atoms with E-state index in [-0.39, 0.29) is 4.90 Å². The highest BCUT2D eigenvalue weighted by Gasteiger charge is 2.07. The van der Waals surface area contributed by atoms with Gasteiger partial charge in [-0.3, -0.25) is 5.10 Å². The Kier molecular flexibility index (Phi) is 4.45. The van der Waals surface area contributed by atoms with Crippen LogP contribution in [-0.2, 0) is 10.0 Å². The van der Waals surface area contributed by atoms with Crippen molar-refractivity contribution in [3.8, 4) is 0 Å². The number of nitrogens with zero attached hydrogens (tertiary/aromatic N) is 1. The molecule has 7 nitrogen and oxygen atoms in total. The molecule has 0 saturated carbocycles. The summed E-state index contributed by atoms with van der Waals surface area (Å²) >= 11 is 11.2. The highest BCUT2D eigenvalue weighted by Crippen LogP contribution is 2.14. The number of aromatic nitrogens is 2. The molecule has 0 saturated heterocycles. The molecule has 20 heavy (non-hydrogen) atoms. The molecule has 1 heterocycles. The van der Waals surface area contributed by atoms with Crippen LogP contribution in [0.1, 0.15) is 0 Å². The number of primary sulfonamides is 1. The summed E-state index contributed by atoms with van der Waals surface area (Å²) in [6.45, 7) is 0. The molecule has 2 aromatic rings.